The minimum atomic E-state index is 0. The Morgan fingerprint density at radius 3 is 2.83 bits per heavy atom. The molecule has 2 saturated heterocycles. The van der Waals surface area contributed by atoms with E-state index in [9.17, 15) is 0 Å². The normalized spacial score (nSPS) is 25.3. The van der Waals surface area contributed by atoms with Crippen molar-refractivity contribution in [1.82, 2.24) is 15.5 Å². The maximum absolute atomic E-state index is 5.53. The first kappa shape index (κ1) is 20.3. The smallest absolute Gasteiger partial charge is 0.191 e. The molecule has 1 aromatic heterocycles. The van der Waals surface area contributed by atoms with Gasteiger partial charge < -0.3 is 15.4 Å². The summed E-state index contributed by atoms with van der Waals surface area (Å²) in [5.74, 6) is 3.34. The zero-order valence-corrected chi connectivity index (χ0v) is 18.1. The lowest BCUT2D eigenvalue weighted by atomic mass is 9.95. The van der Waals surface area contributed by atoms with Crippen molar-refractivity contribution in [3.8, 4) is 0 Å². The van der Waals surface area contributed by atoms with Gasteiger partial charge >= 0.3 is 0 Å². The highest BCUT2D eigenvalue weighted by Crippen LogP contribution is 2.33. The van der Waals surface area contributed by atoms with Gasteiger partial charge in [0.25, 0.3) is 0 Å². The van der Waals surface area contributed by atoms with Crippen LogP contribution in [0.15, 0.2) is 22.5 Å². The van der Waals surface area contributed by atoms with Crippen molar-refractivity contribution < 1.29 is 4.74 Å². The van der Waals surface area contributed by atoms with E-state index in [4.69, 9.17) is 4.74 Å². The Labute approximate surface area is 170 Å². The molecule has 2 aliphatic heterocycles. The molecule has 1 aromatic rings. The van der Waals surface area contributed by atoms with Crippen molar-refractivity contribution in [3.63, 3.8) is 0 Å². The third kappa shape index (κ3) is 5.23. The molecular formula is C16H27IN4OS2. The average molecular weight is 482 g/mol. The highest BCUT2D eigenvalue weighted by molar-refractivity contribution is 14.0. The Balaban J connectivity index is 0.00000208. The number of thiophene rings is 1. The van der Waals surface area contributed by atoms with E-state index in [1.54, 1.807) is 11.3 Å². The number of nitrogens with zero attached hydrogens (tertiary/aromatic N) is 2. The summed E-state index contributed by atoms with van der Waals surface area (Å²) in [6, 6.07) is 4.23. The molecule has 2 fully saturated rings. The monoisotopic (exact) mass is 482 g/mol. The van der Waals surface area contributed by atoms with Crippen LogP contribution in [0, 0.1) is 0 Å². The summed E-state index contributed by atoms with van der Waals surface area (Å²) in [5, 5.41) is 9.08. The number of rotatable bonds is 5. The molecule has 3 rings (SSSR count). The molecule has 0 aromatic carbocycles. The summed E-state index contributed by atoms with van der Waals surface area (Å²) in [6.45, 7) is 5.59. The van der Waals surface area contributed by atoms with E-state index in [0.29, 0.717) is 0 Å². The maximum Gasteiger partial charge on any atom is 0.191 e. The summed E-state index contributed by atoms with van der Waals surface area (Å²) >= 11 is 3.83. The SMILES string of the molecule is CN=C(NCc1cccs1)NCC1(N2CCOCC2)CCSC1.I. The molecule has 1 unspecified atom stereocenters. The van der Waals surface area contributed by atoms with E-state index in [1.165, 1.54) is 22.8 Å². The lowest BCUT2D eigenvalue weighted by molar-refractivity contribution is -0.0120. The summed E-state index contributed by atoms with van der Waals surface area (Å²) < 4.78 is 5.53. The highest BCUT2D eigenvalue weighted by Gasteiger charge is 2.40. The topological polar surface area (TPSA) is 48.9 Å². The quantitative estimate of drug-likeness (QED) is 0.383. The molecule has 0 bridgehead atoms. The lowest BCUT2D eigenvalue weighted by Gasteiger charge is -2.43. The molecule has 3 heterocycles. The van der Waals surface area contributed by atoms with E-state index in [0.717, 1.165) is 45.4 Å². The van der Waals surface area contributed by atoms with Gasteiger partial charge in [0, 0.05) is 42.9 Å². The Morgan fingerprint density at radius 1 is 1.38 bits per heavy atom. The number of hydrogen-bond acceptors (Lipinski definition) is 5. The van der Waals surface area contributed by atoms with Gasteiger partial charge in [0.15, 0.2) is 5.96 Å². The van der Waals surface area contributed by atoms with Crippen LogP contribution in [0.3, 0.4) is 0 Å². The molecule has 2 N–H and O–H groups in total. The first-order valence-electron chi connectivity index (χ1n) is 8.20. The van der Waals surface area contributed by atoms with Crippen molar-refractivity contribution in [1.29, 1.82) is 0 Å². The molecule has 0 aliphatic carbocycles. The number of hydrogen-bond donors (Lipinski definition) is 2. The summed E-state index contributed by atoms with van der Waals surface area (Å²) in [6.07, 6.45) is 1.24. The van der Waals surface area contributed by atoms with Crippen LogP contribution < -0.4 is 10.6 Å². The van der Waals surface area contributed by atoms with Crippen molar-refractivity contribution in [2.45, 2.75) is 18.5 Å². The van der Waals surface area contributed by atoms with Crippen LogP contribution in [0.5, 0.6) is 0 Å². The minimum absolute atomic E-state index is 0. The van der Waals surface area contributed by atoms with Crippen LogP contribution in [-0.2, 0) is 11.3 Å². The molecule has 1 atom stereocenters. The first-order valence-corrected chi connectivity index (χ1v) is 10.2. The third-order valence-corrected chi connectivity index (χ3v) is 6.69. The predicted octanol–water partition coefficient (Wildman–Crippen LogP) is 2.24. The lowest BCUT2D eigenvalue weighted by Crippen LogP contribution is -2.60. The second kappa shape index (κ2) is 10.2. The minimum Gasteiger partial charge on any atom is -0.379 e. The largest absolute Gasteiger partial charge is 0.379 e. The van der Waals surface area contributed by atoms with E-state index >= 15 is 0 Å². The van der Waals surface area contributed by atoms with Crippen LogP contribution in [0.2, 0.25) is 0 Å². The second-order valence-corrected chi connectivity index (χ2v) is 8.12. The van der Waals surface area contributed by atoms with E-state index < -0.39 is 0 Å². The average Bonchev–Trinajstić information content (AvgIpc) is 3.28. The zero-order valence-electron chi connectivity index (χ0n) is 14.1. The molecule has 0 amide bonds. The number of guanidine groups is 1. The number of thioether (sulfide) groups is 1. The molecule has 0 spiro atoms. The predicted molar refractivity (Wildman–Crippen MR) is 115 cm³/mol. The fraction of sp³-hybridized carbons (Fsp3) is 0.688. The summed E-state index contributed by atoms with van der Waals surface area (Å²) in [7, 11) is 1.84. The van der Waals surface area contributed by atoms with Crippen LogP contribution in [0.4, 0.5) is 0 Å². The second-order valence-electron chi connectivity index (χ2n) is 5.99. The first-order chi connectivity index (χ1) is 11.3. The van der Waals surface area contributed by atoms with Gasteiger partial charge in [-0.05, 0) is 23.6 Å². The number of halogens is 1. The van der Waals surface area contributed by atoms with Gasteiger partial charge in [0.05, 0.1) is 19.8 Å². The molecule has 8 heteroatoms. The molecule has 2 aliphatic rings. The Bertz CT molecular complexity index is 500. The molecule has 0 radical (unpaired) electrons. The Morgan fingerprint density at radius 2 is 2.21 bits per heavy atom. The van der Waals surface area contributed by atoms with Crippen LogP contribution in [0.25, 0.3) is 0 Å². The highest BCUT2D eigenvalue weighted by atomic mass is 127. The van der Waals surface area contributed by atoms with Crippen LogP contribution in [0.1, 0.15) is 11.3 Å². The van der Waals surface area contributed by atoms with E-state index in [1.807, 2.05) is 7.05 Å². The number of aliphatic imine (C=N–C) groups is 1. The van der Waals surface area contributed by atoms with Gasteiger partial charge in [-0.3, -0.25) is 9.89 Å². The Hall–Kier alpha value is -0.0300. The summed E-state index contributed by atoms with van der Waals surface area (Å²) in [4.78, 5) is 8.32. The third-order valence-electron chi connectivity index (χ3n) is 4.58. The van der Waals surface area contributed by atoms with Gasteiger partial charge in [0.2, 0.25) is 0 Å². The van der Waals surface area contributed by atoms with Crippen molar-refractivity contribution >= 4 is 53.0 Å². The van der Waals surface area contributed by atoms with E-state index in [2.05, 4.69) is 49.8 Å². The van der Waals surface area contributed by atoms with Crippen LogP contribution >= 0.6 is 47.1 Å². The maximum atomic E-state index is 5.53. The molecule has 136 valence electrons. The standard InChI is InChI=1S/C16H26N4OS2.HI/c1-17-15(18-11-14-3-2-9-23-14)19-12-16(4-10-22-13-16)20-5-7-21-8-6-20;/h2-3,9H,4-8,10-13H2,1H3,(H2,17,18,19);1H. The fourth-order valence-electron chi connectivity index (χ4n) is 3.19. The summed E-state index contributed by atoms with van der Waals surface area (Å²) in [5.41, 5.74) is 0.245. The number of morpholine rings is 1. The van der Waals surface area contributed by atoms with Crippen molar-refractivity contribution in [3.05, 3.63) is 22.4 Å². The number of ether oxygens (including phenoxy) is 1. The number of nitrogens with one attached hydrogen (secondary N) is 2. The van der Waals surface area contributed by atoms with Gasteiger partial charge in [-0.1, -0.05) is 6.07 Å². The fourth-order valence-corrected chi connectivity index (χ4v) is 5.31. The molecule has 5 nitrogen and oxygen atoms in total. The van der Waals surface area contributed by atoms with E-state index in [-0.39, 0.29) is 29.5 Å². The van der Waals surface area contributed by atoms with Gasteiger partial charge in [0.1, 0.15) is 0 Å². The van der Waals surface area contributed by atoms with Crippen molar-refractivity contribution in [2.24, 2.45) is 4.99 Å². The van der Waals surface area contributed by atoms with Crippen molar-refractivity contribution in [2.75, 3.05) is 51.4 Å². The molecule has 24 heavy (non-hydrogen) atoms. The van der Waals surface area contributed by atoms with Crippen LogP contribution in [-0.4, -0.2) is 67.8 Å². The van der Waals surface area contributed by atoms with Gasteiger partial charge in [-0.15, -0.1) is 35.3 Å². The van der Waals surface area contributed by atoms with Gasteiger partial charge in [-0.25, -0.2) is 0 Å². The molecule has 0 saturated carbocycles. The Kier molecular flexibility index (Phi) is 8.62. The van der Waals surface area contributed by atoms with Gasteiger partial charge in [-0.2, -0.15) is 11.8 Å². The zero-order chi connectivity index (χ0) is 16.0. The molecular weight excluding hydrogens is 455 g/mol.